The molecule has 0 unspecified atom stereocenters. The third-order valence-electron chi connectivity index (χ3n) is 2.70. The topological polar surface area (TPSA) is 38.1 Å². The molecule has 0 aliphatic rings. The molecule has 1 aromatic heterocycles. The Kier molecular flexibility index (Phi) is 3.41. The molecule has 0 aromatic carbocycles. The lowest BCUT2D eigenvalue weighted by Crippen LogP contribution is -2.45. The smallest absolute Gasteiger partial charge is 0.274 e. The van der Waals surface area contributed by atoms with Crippen LogP contribution in [0.4, 0.5) is 0 Å². The highest BCUT2D eigenvalue weighted by Crippen LogP contribution is 2.16. The molecule has 1 amide bonds. The van der Waals surface area contributed by atoms with Gasteiger partial charge in [0.15, 0.2) is 5.69 Å². The lowest BCUT2D eigenvalue weighted by Gasteiger charge is -2.34. The molecule has 16 heavy (non-hydrogen) atoms. The van der Waals surface area contributed by atoms with Crippen molar-refractivity contribution in [2.24, 2.45) is 7.05 Å². The molecule has 0 saturated carbocycles. The highest BCUT2D eigenvalue weighted by atomic mass is 16.2. The summed E-state index contributed by atoms with van der Waals surface area (Å²) in [7, 11) is 1.85. The Balaban J connectivity index is 3.01. The molecule has 4 heteroatoms. The predicted molar refractivity (Wildman–Crippen MR) is 64.4 cm³/mol. The van der Waals surface area contributed by atoms with Gasteiger partial charge in [-0.2, -0.15) is 5.10 Å². The van der Waals surface area contributed by atoms with Crippen molar-refractivity contribution in [3.8, 4) is 0 Å². The van der Waals surface area contributed by atoms with Gasteiger partial charge in [-0.1, -0.05) is 0 Å². The molecule has 1 rings (SSSR count). The van der Waals surface area contributed by atoms with Crippen LogP contribution in [0.2, 0.25) is 0 Å². The Morgan fingerprint density at radius 2 is 2.06 bits per heavy atom. The minimum absolute atomic E-state index is 0.00120. The third-order valence-corrected chi connectivity index (χ3v) is 2.70. The number of aromatic nitrogens is 2. The summed E-state index contributed by atoms with van der Waals surface area (Å²) in [4.78, 5) is 14.1. The first-order valence-corrected chi connectivity index (χ1v) is 5.60. The van der Waals surface area contributed by atoms with Crippen molar-refractivity contribution in [2.45, 2.75) is 40.2 Å². The number of carbonyl (C=O) groups is 1. The normalized spacial score (nSPS) is 11.6. The first kappa shape index (κ1) is 12.7. The number of hydrogen-bond donors (Lipinski definition) is 0. The van der Waals surface area contributed by atoms with Gasteiger partial charge in [-0.05, 0) is 40.7 Å². The van der Waals surface area contributed by atoms with Crippen molar-refractivity contribution < 1.29 is 4.79 Å². The summed E-state index contributed by atoms with van der Waals surface area (Å²) in [6.45, 7) is 10.7. The van der Waals surface area contributed by atoms with Gasteiger partial charge in [-0.25, -0.2) is 0 Å². The van der Waals surface area contributed by atoms with Crippen LogP contribution in [0.1, 0.15) is 43.9 Å². The quantitative estimate of drug-likeness (QED) is 0.769. The van der Waals surface area contributed by atoms with E-state index in [0.29, 0.717) is 12.2 Å². The van der Waals surface area contributed by atoms with Crippen molar-refractivity contribution >= 4 is 5.91 Å². The number of hydrogen-bond acceptors (Lipinski definition) is 2. The molecule has 0 radical (unpaired) electrons. The molecule has 1 heterocycles. The summed E-state index contributed by atoms with van der Waals surface area (Å²) in [5.41, 5.74) is 1.35. The van der Waals surface area contributed by atoms with E-state index in [-0.39, 0.29) is 11.4 Å². The van der Waals surface area contributed by atoms with Gasteiger partial charge in [0.25, 0.3) is 5.91 Å². The minimum atomic E-state index is -0.169. The minimum Gasteiger partial charge on any atom is -0.333 e. The number of aryl methyl sites for hydroxylation is 2. The molecule has 4 nitrogen and oxygen atoms in total. The van der Waals surface area contributed by atoms with Crippen LogP contribution in [0.15, 0.2) is 6.07 Å². The summed E-state index contributed by atoms with van der Waals surface area (Å²) in [6.07, 6.45) is 0. The van der Waals surface area contributed by atoms with E-state index < -0.39 is 0 Å². The zero-order valence-corrected chi connectivity index (χ0v) is 11.0. The van der Waals surface area contributed by atoms with E-state index in [4.69, 9.17) is 0 Å². The van der Waals surface area contributed by atoms with Crippen molar-refractivity contribution in [1.82, 2.24) is 14.7 Å². The Bertz CT molecular complexity index is 368. The van der Waals surface area contributed by atoms with Gasteiger partial charge in [0.2, 0.25) is 0 Å². The summed E-state index contributed by atoms with van der Waals surface area (Å²) < 4.78 is 1.73. The summed E-state index contributed by atoms with van der Waals surface area (Å²) >= 11 is 0. The molecule has 0 spiro atoms. The average molecular weight is 223 g/mol. The Labute approximate surface area is 97.2 Å². The Hall–Kier alpha value is -1.32. The van der Waals surface area contributed by atoms with Crippen LogP contribution in [0.25, 0.3) is 0 Å². The number of nitrogens with zero attached hydrogens (tertiary/aromatic N) is 3. The van der Waals surface area contributed by atoms with E-state index in [2.05, 4.69) is 5.10 Å². The summed E-state index contributed by atoms with van der Waals surface area (Å²) in [5.74, 6) is -0.00120. The maximum Gasteiger partial charge on any atom is 0.274 e. The zero-order chi connectivity index (χ0) is 12.5. The molecule has 0 aliphatic heterocycles. The fourth-order valence-corrected chi connectivity index (χ4v) is 1.73. The molecule has 0 aliphatic carbocycles. The second-order valence-corrected chi connectivity index (χ2v) is 5.01. The van der Waals surface area contributed by atoms with E-state index in [1.54, 1.807) is 4.68 Å². The van der Waals surface area contributed by atoms with Gasteiger partial charge in [0.1, 0.15) is 0 Å². The molecule has 90 valence electrons. The van der Waals surface area contributed by atoms with Crippen molar-refractivity contribution in [3.63, 3.8) is 0 Å². The van der Waals surface area contributed by atoms with Gasteiger partial charge in [0, 0.05) is 24.8 Å². The molecular weight excluding hydrogens is 202 g/mol. The van der Waals surface area contributed by atoms with Gasteiger partial charge in [0.05, 0.1) is 0 Å². The zero-order valence-electron chi connectivity index (χ0n) is 11.0. The third kappa shape index (κ3) is 2.43. The number of carbonyl (C=O) groups excluding carboxylic acids is 1. The molecular formula is C12H21N3O. The van der Waals surface area contributed by atoms with E-state index in [1.165, 1.54) is 0 Å². The second kappa shape index (κ2) is 4.28. The molecule has 0 bridgehead atoms. The van der Waals surface area contributed by atoms with E-state index >= 15 is 0 Å². The fraction of sp³-hybridized carbons (Fsp3) is 0.667. The van der Waals surface area contributed by atoms with E-state index in [0.717, 1.165) is 5.69 Å². The molecule has 0 fully saturated rings. The first-order valence-electron chi connectivity index (χ1n) is 5.60. The van der Waals surface area contributed by atoms with Crippen LogP contribution in [0.3, 0.4) is 0 Å². The highest BCUT2D eigenvalue weighted by Gasteiger charge is 2.27. The van der Waals surface area contributed by atoms with Crippen LogP contribution in [0.5, 0.6) is 0 Å². The molecule has 1 aromatic rings. The van der Waals surface area contributed by atoms with E-state index in [9.17, 15) is 4.79 Å². The van der Waals surface area contributed by atoms with Gasteiger partial charge < -0.3 is 4.90 Å². The monoisotopic (exact) mass is 223 g/mol. The van der Waals surface area contributed by atoms with Crippen LogP contribution < -0.4 is 0 Å². The van der Waals surface area contributed by atoms with Crippen molar-refractivity contribution in [2.75, 3.05) is 6.54 Å². The Morgan fingerprint density at radius 3 is 2.38 bits per heavy atom. The average Bonchev–Trinajstić information content (AvgIpc) is 2.45. The molecule has 0 saturated heterocycles. The van der Waals surface area contributed by atoms with Crippen LogP contribution in [-0.2, 0) is 7.05 Å². The van der Waals surface area contributed by atoms with Gasteiger partial charge in [-0.3, -0.25) is 9.48 Å². The second-order valence-electron chi connectivity index (χ2n) is 5.01. The fourth-order valence-electron chi connectivity index (χ4n) is 1.73. The lowest BCUT2D eigenvalue weighted by atomic mass is 10.1. The largest absolute Gasteiger partial charge is 0.333 e. The van der Waals surface area contributed by atoms with Crippen LogP contribution in [0, 0.1) is 6.92 Å². The predicted octanol–water partition coefficient (Wildman–Crippen LogP) is 1.99. The first-order chi connectivity index (χ1) is 7.27. The summed E-state index contributed by atoms with van der Waals surface area (Å²) in [5, 5.41) is 4.22. The highest BCUT2D eigenvalue weighted by molar-refractivity contribution is 5.92. The summed E-state index contributed by atoms with van der Waals surface area (Å²) in [6, 6.07) is 1.83. The van der Waals surface area contributed by atoms with Crippen molar-refractivity contribution in [3.05, 3.63) is 17.5 Å². The van der Waals surface area contributed by atoms with Gasteiger partial charge >= 0.3 is 0 Å². The molecule has 0 N–H and O–H groups in total. The maximum atomic E-state index is 12.2. The van der Waals surface area contributed by atoms with Gasteiger partial charge in [-0.15, -0.1) is 0 Å². The van der Waals surface area contributed by atoms with E-state index in [1.807, 2.05) is 52.6 Å². The van der Waals surface area contributed by atoms with Crippen molar-refractivity contribution in [1.29, 1.82) is 0 Å². The standard InChI is InChI=1S/C12H21N3O/c1-7-15(12(3,4)5)11(16)10-8-9(2)14(6)13-10/h8H,7H2,1-6H3. The SMILES string of the molecule is CCN(C(=O)c1cc(C)n(C)n1)C(C)(C)C. The number of rotatable bonds is 2. The Morgan fingerprint density at radius 1 is 1.50 bits per heavy atom. The number of amides is 1. The van der Waals surface area contributed by atoms with Crippen LogP contribution >= 0.6 is 0 Å². The lowest BCUT2D eigenvalue weighted by molar-refractivity contribution is 0.0592. The molecule has 0 atom stereocenters. The maximum absolute atomic E-state index is 12.2. The van der Waals surface area contributed by atoms with Crippen LogP contribution in [-0.4, -0.2) is 32.7 Å².